The zero-order chi connectivity index (χ0) is 11.7. The minimum absolute atomic E-state index is 0.247. The van der Waals surface area contributed by atoms with E-state index in [-0.39, 0.29) is 12.3 Å². The van der Waals surface area contributed by atoms with Crippen molar-refractivity contribution in [2.24, 2.45) is 5.92 Å². The van der Waals surface area contributed by atoms with Gasteiger partial charge >= 0.3 is 0 Å². The predicted octanol–water partition coefficient (Wildman–Crippen LogP) is 0.253. The molecule has 1 N–H and O–H groups in total. The molecule has 0 bridgehead atoms. The van der Waals surface area contributed by atoms with E-state index in [0.29, 0.717) is 24.0 Å². The Morgan fingerprint density at radius 1 is 1.47 bits per heavy atom. The van der Waals surface area contributed by atoms with Gasteiger partial charge < -0.3 is 4.48 Å². The van der Waals surface area contributed by atoms with Crippen LogP contribution in [0.25, 0.3) is 0 Å². The Hall–Kier alpha value is -0.640. The van der Waals surface area contributed by atoms with E-state index in [0.717, 1.165) is 0 Å². The second kappa shape index (κ2) is 4.08. The number of quaternary nitrogens is 1. The molecule has 0 saturated carbocycles. The molecular formula is C9H17N2O3S+. The van der Waals surface area contributed by atoms with Gasteiger partial charge in [0.05, 0.1) is 44.4 Å². The molecule has 1 aliphatic heterocycles. The molecule has 6 heteroatoms. The quantitative estimate of drug-likeness (QED) is 0.520. The van der Waals surface area contributed by atoms with Crippen molar-refractivity contribution in [3.8, 4) is 6.07 Å². The summed E-state index contributed by atoms with van der Waals surface area (Å²) in [4.78, 5) is 0. The van der Waals surface area contributed by atoms with Crippen LogP contribution in [0.2, 0.25) is 0 Å². The highest BCUT2D eigenvalue weighted by atomic mass is 32.2. The Kier molecular flexibility index (Phi) is 3.38. The van der Waals surface area contributed by atoms with Gasteiger partial charge in [-0.05, 0) is 6.42 Å². The molecule has 1 rings (SSSR count). The van der Waals surface area contributed by atoms with Crippen LogP contribution in [0.4, 0.5) is 0 Å². The van der Waals surface area contributed by atoms with E-state index >= 15 is 0 Å². The smallest absolute Gasteiger partial charge is 0.268 e. The number of hydrogen-bond donors (Lipinski definition) is 1. The van der Waals surface area contributed by atoms with E-state index in [1.54, 1.807) is 0 Å². The summed E-state index contributed by atoms with van der Waals surface area (Å²) < 4.78 is 31.7. The zero-order valence-corrected chi connectivity index (χ0v) is 9.87. The Labute approximate surface area is 90.6 Å². The number of nitrogens with zero attached hydrogens (tertiary/aromatic N) is 2. The molecule has 0 aromatic heterocycles. The van der Waals surface area contributed by atoms with E-state index < -0.39 is 15.4 Å². The molecule has 0 aliphatic carbocycles. The molecule has 86 valence electrons. The SMILES string of the molecule is C[N+]1(C)CC[C@H](S(=O)(=O)O)C[C@@H](C#N)C1. The van der Waals surface area contributed by atoms with Crippen molar-refractivity contribution in [1.29, 1.82) is 5.26 Å². The summed E-state index contributed by atoms with van der Waals surface area (Å²) in [5, 5.41) is 8.12. The molecule has 0 amide bonds. The number of hydrogen-bond acceptors (Lipinski definition) is 3. The van der Waals surface area contributed by atoms with Crippen molar-refractivity contribution in [1.82, 2.24) is 0 Å². The summed E-state index contributed by atoms with van der Waals surface area (Å²) in [6.07, 6.45) is 0.668. The van der Waals surface area contributed by atoms with Gasteiger partial charge in [-0.1, -0.05) is 0 Å². The van der Waals surface area contributed by atoms with Crippen LogP contribution < -0.4 is 0 Å². The molecule has 1 aliphatic rings. The van der Waals surface area contributed by atoms with Crippen LogP contribution in [0.15, 0.2) is 0 Å². The van der Waals surface area contributed by atoms with Crippen molar-refractivity contribution in [3.63, 3.8) is 0 Å². The van der Waals surface area contributed by atoms with E-state index in [1.165, 1.54) is 0 Å². The predicted molar refractivity (Wildman–Crippen MR) is 55.5 cm³/mol. The zero-order valence-electron chi connectivity index (χ0n) is 9.05. The summed E-state index contributed by atoms with van der Waals surface area (Å²) in [5.41, 5.74) is 0. The van der Waals surface area contributed by atoms with Crippen LogP contribution >= 0.6 is 0 Å². The van der Waals surface area contributed by atoms with Gasteiger partial charge in [-0.25, -0.2) is 0 Å². The summed E-state index contributed by atoms with van der Waals surface area (Å²) in [5.74, 6) is -0.297. The lowest BCUT2D eigenvalue weighted by atomic mass is 10.1. The van der Waals surface area contributed by atoms with Gasteiger partial charge in [0.1, 0.15) is 0 Å². The largest absolute Gasteiger partial charge is 0.327 e. The van der Waals surface area contributed by atoms with Gasteiger partial charge in [0.25, 0.3) is 10.1 Å². The highest BCUT2D eigenvalue weighted by molar-refractivity contribution is 7.86. The van der Waals surface area contributed by atoms with Gasteiger partial charge in [-0.15, -0.1) is 0 Å². The molecule has 1 fully saturated rings. The minimum Gasteiger partial charge on any atom is -0.327 e. The maximum absolute atomic E-state index is 11.1. The number of likely N-dealkylation sites (tertiary alicyclic amines) is 1. The van der Waals surface area contributed by atoms with Gasteiger partial charge in [-0.2, -0.15) is 13.7 Å². The van der Waals surface area contributed by atoms with E-state index in [4.69, 9.17) is 9.81 Å². The highest BCUT2D eigenvalue weighted by Crippen LogP contribution is 2.23. The number of rotatable bonds is 1. The maximum atomic E-state index is 11.1. The van der Waals surface area contributed by atoms with Gasteiger partial charge in [-0.3, -0.25) is 4.55 Å². The van der Waals surface area contributed by atoms with E-state index in [9.17, 15) is 8.42 Å². The molecular weight excluding hydrogens is 216 g/mol. The van der Waals surface area contributed by atoms with E-state index in [2.05, 4.69) is 6.07 Å². The molecule has 0 aromatic carbocycles. The van der Waals surface area contributed by atoms with Crippen LogP contribution in [0.3, 0.4) is 0 Å². The fraction of sp³-hybridized carbons (Fsp3) is 0.889. The van der Waals surface area contributed by atoms with Crippen molar-refractivity contribution >= 4 is 10.1 Å². The lowest BCUT2D eigenvalue weighted by molar-refractivity contribution is -0.891. The Bertz CT molecular complexity index is 369. The Morgan fingerprint density at radius 3 is 2.53 bits per heavy atom. The number of nitriles is 1. The van der Waals surface area contributed by atoms with Crippen molar-refractivity contribution in [2.45, 2.75) is 18.1 Å². The molecule has 2 atom stereocenters. The minimum atomic E-state index is -4.00. The van der Waals surface area contributed by atoms with Gasteiger partial charge in [0.15, 0.2) is 0 Å². The molecule has 0 spiro atoms. The fourth-order valence-electron chi connectivity index (χ4n) is 2.06. The Morgan fingerprint density at radius 2 is 2.07 bits per heavy atom. The lowest BCUT2D eigenvalue weighted by Gasteiger charge is -2.28. The average molecular weight is 233 g/mol. The topological polar surface area (TPSA) is 78.2 Å². The molecule has 0 unspecified atom stereocenters. The summed E-state index contributed by atoms with van der Waals surface area (Å²) >= 11 is 0. The standard InChI is InChI=1S/C9H16N2O3S/c1-11(2)4-3-9(15(12,13)14)5-8(6-10)7-11/h8-9H,3-5,7H2,1-2H3/p+1/t8-,9-/m0/s1. The van der Waals surface area contributed by atoms with Gasteiger partial charge in [0.2, 0.25) is 0 Å². The second-order valence-electron chi connectivity index (χ2n) is 4.83. The van der Waals surface area contributed by atoms with Crippen molar-refractivity contribution in [2.75, 3.05) is 27.2 Å². The summed E-state index contributed by atoms with van der Waals surface area (Å²) in [6.45, 7) is 1.31. The van der Waals surface area contributed by atoms with Crippen molar-refractivity contribution < 1.29 is 17.5 Å². The maximum Gasteiger partial charge on any atom is 0.268 e. The lowest BCUT2D eigenvalue weighted by Crippen LogP contribution is -2.42. The first-order valence-corrected chi connectivity index (χ1v) is 6.43. The average Bonchev–Trinajstić information content (AvgIpc) is 2.22. The summed E-state index contributed by atoms with van der Waals surface area (Å²) in [7, 11) is -0.0656. The third kappa shape index (κ3) is 3.45. The first-order chi connectivity index (χ1) is 6.74. The van der Waals surface area contributed by atoms with Crippen LogP contribution in [-0.2, 0) is 10.1 Å². The van der Waals surface area contributed by atoms with Crippen LogP contribution in [0, 0.1) is 17.2 Å². The molecule has 1 heterocycles. The Balaban J connectivity index is 2.88. The first kappa shape index (κ1) is 12.4. The monoisotopic (exact) mass is 233 g/mol. The summed E-state index contributed by atoms with van der Waals surface area (Å²) in [6, 6.07) is 2.11. The third-order valence-electron chi connectivity index (χ3n) is 2.92. The van der Waals surface area contributed by atoms with Gasteiger partial charge in [0, 0.05) is 6.42 Å². The van der Waals surface area contributed by atoms with E-state index in [1.807, 2.05) is 14.1 Å². The fourth-order valence-corrected chi connectivity index (χ4v) is 2.93. The molecule has 5 nitrogen and oxygen atoms in total. The molecule has 1 saturated heterocycles. The third-order valence-corrected chi connectivity index (χ3v) is 4.19. The molecule has 15 heavy (non-hydrogen) atoms. The van der Waals surface area contributed by atoms with Crippen LogP contribution in [-0.4, -0.2) is 49.9 Å². The van der Waals surface area contributed by atoms with Crippen LogP contribution in [0.1, 0.15) is 12.8 Å². The van der Waals surface area contributed by atoms with Crippen LogP contribution in [0.5, 0.6) is 0 Å². The second-order valence-corrected chi connectivity index (χ2v) is 6.53. The highest BCUT2D eigenvalue weighted by Gasteiger charge is 2.35. The molecule has 0 radical (unpaired) electrons. The first-order valence-electron chi connectivity index (χ1n) is 4.92. The normalized spacial score (nSPS) is 31.6. The van der Waals surface area contributed by atoms with Crippen molar-refractivity contribution in [3.05, 3.63) is 0 Å². The molecule has 0 aromatic rings.